The maximum Gasteiger partial charge on any atom is 0.320 e. The molecule has 2 heterocycles. The fourth-order valence-electron chi connectivity index (χ4n) is 4.00. The van der Waals surface area contributed by atoms with Crippen LogP contribution in [-0.2, 0) is 4.74 Å². The van der Waals surface area contributed by atoms with E-state index < -0.39 is 6.92 Å². The van der Waals surface area contributed by atoms with Gasteiger partial charge in [-0.05, 0) is 43.1 Å². The van der Waals surface area contributed by atoms with Crippen molar-refractivity contribution in [2.75, 3.05) is 5.73 Å². The number of aromatic nitrogens is 2. The highest BCUT2D eigenvalue weighted by Crippen LogP contribution is 2.34. The molecule has 0 aliphatic carbocycles. The number of fused-ring (bicyclic) bond motifs is 1. The van der Waals surface area contributed by atoms with Crippen molar-refractivity contribution in [2.24, 2.45) is 0 Å². The van der Waals surface area contributed by atoms with Crippen molar-refractivity contribution in [1.82, 2.24) is 10.2 Å². The Morgan fingerprint density at radius 1 is 1.14 bits per heavy atom. The van der Waals surface area contributed by atoms with Crippen molar-refractivity contribution in [2.45, 2.75) is 51.8 Å². The molecule has 1 unspecified atom stereocenters. The molecule has 3 N–H and O–H groups in total. The van der Waals surface area contributed by atoms with Gasteiger partial charge in [-0.2, -0.15) is 10.2 Å². The zero-order chi connectivity index (χ0) is 20.5. The summed E-state index contributed by atoms with van der Waals surface area (Å²) in [5.41, 5.74) is 10.0. The topological polar surface area (TPSA) is 90.5 Å². The Labute approximate surface area is 171 Å². The van der Waals surface area contributed by atoms with E-state index in [-0.39, 0.29) is 18.3 Å². The lowest BCUT2D eigenvalue weighted by atomic mass is 9.64. The van der Waals surface area contributed by atoms with Gasteiger partial charge in [0.15, 0.2) is 0 Å². The standard InChI is InChI=1S/C22H26BN3O3/c1-13-8-17(9-14(2)28-13)29-22-7-5-16(23(3)27)11-19(22)15-4-6-18-20(24)12-25-26-21(18)10-15/h4-7,10-14,17,27H,8-9H2,1-3H3,(H2,24,26)/t13-,14+,17?. The van der Waals surface area contributed by atoms with Crippen LogP contribution >= 0.6 is 0 Å². The molecule has 1 aliphatic heterocycles. The second-order valence-electron chi connectivity index (χ2n) is 7.93. The minimum Gasteiger partial charge on any atom is -0.490 e. The molecule has 1 saturated heterocycles. The van der Waals surface area contributed by atoms with Gasteiger partial charge < -0.3 is 20.2 Å². The molecule has 7 heteroatoms. The van der Waals surface area contributed by atoms with E-state index >= 15 is 0 Å². The molecule has 0 spiro atoms. The van der Waals surface area contributed by atoms with Gasteiger partial charge in [0.05, 0.1) is 29.6 Å². The molecule has 3 atom stereocenters. The second kappa shape index (κ2) is 8.01. The molecular weight excluding hydrogens is 365 g/mol. The summed E-state index contributed by atoms with van der Waals surface area (Å²) < 4.78 is 12.3. The van der Waals surface area contributed by atoms with E-state index in [1.807, 2.05) is 36.4 Å². The SMILES string of the molecule is CB(O)c1ccc(OC2C[C@@H](C)O[C@@H](C)C2)c(-c2ccc3c(N)cnnc3c2)c1. The van der Waals surface area contributed by atoms with Gasteiger partial charge in [-0.1, -0.05) is 25.0 Å². The maximum absolute atomic E-state index is 10.1. The number of rotatable bonds is 4. The summed E-state index contributed by atoms with van der Waals surface area (Å²) in [5.74, 6) is 0.789. The van der Waals surface area contributed by atoms with Crippen LogP contribution in [0.4, 0.5) is 5.69 Å². The average molecular weight is 391 g/mol. The third-order valence-electron chi connectivity index (χ3n) is 5.42. The van der Waals surface area contributed by atoms with Gasteiger partial charge in [0.2, 0.25) is 0 Å². The van der Waals surface area contributed by atoms with Gasteiger partial charge in [-0.15, -0.1) is 0 Å². The molecule has 4 rings (SSSR count). The summed E-state index contributed by atoms with van der Waals surface area (Å²) in [6, 6.07) is 11.7. The maximum atomic E-state index is 10.1. The first-order chi connectivity index (χ1) is 13.9. The molecule has 0 bridgehead atoms. The van der Waals surface area contributed by atoms with Crippen molar-refractivity contribution in [1.29, 1.82) is 0 Å². The Bertz CT molecular complexity index is 1020. The summed E-state index contributed by atoms with van der Waals surface area (Å²) in [7, 11) is 0. The van der Waals surface area contributed by atoms with Crippen molar-refractivity contribution in [3.8, 4) is 16.9 Å². The van der Waals surface area contributed by atoms with Crippen LogP contribution in [0.2, 0.25) is 6.82 Å². The number of nitrogens with zero attached hydrogens (tertiary/aromatic N) is 2. The van der Waals surface area contributed by atoms with Crippen molar-refractivity contribution < 1.29 is 14.5 Å². The van der Waals surface area contributed by atoms with Crippen LogP contribution in [-0.4, -0.2) is 40.4 Å². The van der Waals surface area contributed by atoms with E-state index in [1.165, 1.54) is 0 Å². The second-order valence-corrected chi connectivity index (χ2v) is 7.93. The lowest BCUT2D eigenvalue weighted by Crippen LogP contribution is -2.36. The fourth-order valence-corrected chi connectivity index (χ4v) is 4.00. The Hall–Kier alpha value is -2.64. The highest BCUT2D eigenvalue weighted by atomic mass is 16.5. The molecule has 1 fully saturated rings. The van der Waals surface area contributed by atoms with Crippen LogP contribution in [0.15, 0.2) is 42.6 Å². The van der Waals surface area contributed by atoms with Gasteiger partial charge in [0.1, 0.15) is 11.9 Å². The van der Waals surface area contributed by atoms with E-state index in [0.717, 1.165) is 46.1 Å². The summed E-state index contributed by atoms with van der Waals surface area (Å²) in [4.78, 5) is 0. The number of hydrogen-bond donors (Lipinski definition) is 2. The molecule has 29 heavy (non-hydrogen) atoms. The fraction of sp³-hybridized carbons (Fsp3) is 0.364. The Kier molecular flexibility index (Phi) is 5.43. The summed E-state index contributed by atoms with van der Waals surface area (Å²) >= 11 is 0. The van der Waals surface area contributed by atoms with E-state index in [2.05, 4.69) is 24.0 Å². The molecule has 6 nitrogen and oxygen atoms in total. The first kappa shape index (κ1) is 19.7. The van der Waals surface area contributed by atoms with Crippen LogP contribution in [0.1, 0.15) is 26.7 Å². The molecular formula is C22H26BN3O3. The number of hydrogen-bond acceptors (Lipinski definition) is 6. The highest BCUT2D eigenvalue weighted by Gasteiger charge is 2.27. The number of ether oxygens (including phenoxy) is 2. The minimum absolute atomic E-state index is 0.0841. The zero-order valence-electron chi connectivity index (χ0n) is 17.0. The normalized spacial score (nSPS) is 21.9. The molecule has 0 radical (unpaired) electrons. The van der Waals surface area contributed by atoms with Gasteiger partial charge in [-0.25, -0.2) is 0 Å². The molecule has 0 amide bonds. The molecule has 150 valence electrons. The minimum atomic E-state index is -0.568. The van der Waals surface area contributed by atoms with Gasteiger partial charge >= 0.3 is 6.92 Å². The largest absolute Gasteiger partial charge is 0.490 e. The highest BCUT2D eigenvalue weighted by molar-refractivity contribution is 6.64. The van der Waals surface area contributed by atoms with Crippen LogP contribution in [0, 0.1) is 0 Å². The lowest BCUT2D eigenvalue weighted by Gasteiger charge is -2.32. The third kappa shape index (κ3) is 4.21. The van der Waals surface area contributed by atoms with E-state index in [0.29, 0.717) is 5.69 Å². The Morgan fingerprint density at radius 2 is 1.90 bits per heavy atom. The van der Waals surface area contributed by atoms with Crippen molar-refractivity contribution in [3.05, 3.63) is 42.6 Å². The first-order valence-electron chi connectivity index (χ1n) is 10.1. The number of benzene rings is 2. The number of nitrogens with two attached hydrogens (primary N) is 1. The summed E-state index contributed by atoms with van der Waals surface area (Å²) in [6.45, 7) is 5.35. The van der Waals surface area contributed by atoms with Crippen LogP contribution in [0.3, 0.4) is 0 Å². The number of anilines is 1. The molecule has 0 saturated carbocycles. The van der Waals surface area contributed by atoms with Gasteiger partial charge in [0, 0.05) is 23.8 Å². The molecule has 2 aromatic carbocycles. The zero-order valence-corrected chi connectivity index (χ0v) is 17.0. The summed E-state index contributed by atoms with van der Waals surface area (Å²) in [5, 5.41) is 19.1. The predicted molar refractivity (Wildman–Crippen MR) is 117 cm³/mol. The molecule has 1 aromatic heterocycles. The third-order valence-corrected chi connectivity index (χ3v) is 5.42. The van der Waals surface area contributed by atoms with E-state index in [4.69, 9.17) is 15.2 Å². The number of nitrogen functional groups attached to an aromatic ring is 1. The van der Waals surface area contributed by atoms with Crippen LogP contribution in [0.5, 0.6) is 5.75 Å². The van der Waals surface area contributed by atoms with Crippen molar-refractivity contribution >= 4 is 29.0 Å². The average Bonchev–Trinajstić information content (AvgIpc) is 2.67. The Morgan fingerprint density at radius 3 is 2.62 bits per heavy atom. The quantitative estimate of drug-likeness (QED) is 0.665. The smallest absolute Gasteiger partial charge is 0.320 e. The van der Waals surface area contributed by atoms with Gasteiger partial charge in [0.25, 0.3) is 0 Å². The summed E-state index contributed by atoms with van der Waals surface area (Å²) in [6.07, 6.45) is 3.67. The van der Waals surface area contributed by atoms with E-state index in [9.17, 15) is 5.02 Å². The van der Waals surface area contributed by atoms with Crippen LogP contribution < -0.4 is 15.9 Å². The first-order valence-corrected chi connectivity index (χ1v) is 10.1. The van der Waals surface area contributed by atoms with Gasteiger partial charge in [-0.3, -0.25) is 0 Å². The van der Waals surface area contributed by atoms with Crippen molar-refractivity contribution in [3.63, 3.8) is 0 Å². The molecule has 3 aromatic rings. The monoisotopic (exact) mass is 391 g/mol. The lowest BCUT2D eigenvalue weighted by molar-refractivity contribution is -0.0720. The van der Waals surface area contributed by atoms with E-state index in [1.54, 1.807) is 13.0 Å². The molecule has 1 aliphatic rings. The Balaban J connectivity index is 1.75. The predicted octanol–water partition coefficient (Wildman–Crippen LogP) is 3.03. The van der Waals surface area contributed by atoms with Crippen LogP contribution in [0.25, 0.3) is 22.0 Å².